The molecule has 1 heterocycles. The molecule has 1 atom stereocenters. The van der Waals surface area contributed by atoms with E-state index in [1.165, 1.54) is 13.0 Å². The van der Waals surface area contributed by atoms with E-state index >= 15 is 0 Å². The fourth-order valence-electron chi connectivity index (χ4n) is 2.96. The van der Waals surface area contributed by atoms with E-state index in [0.717, 1.165) is 23.5 Å². The van der Waals surface area contributed by atoms with E-state index in [9.17, 15) is 14.9 Å². The van der Waals surface area contributed by atoms with E-state index in [1.807, 2.05) is 32.0 Å². The van der Waals surface area contributed by atoms with Gasteiger partial charge in [-0.3, -0.25) is 4.79 Å². The first-order valence-electron chi connectivity index (χ1n) is 9.58. The molecule has 0 radical (unpaired) electrons. The molecule has 0 saturated carbocycles. The number of para-hydroxylation sites is 1. The average Bonchev–Trinajstić information content (AvgIpc) is 2.93. The highest BCUT2D eigenvalue weighted by molar-refractivity contribution is 6.01. The van der Waals surface area contributed by atoms with Crippen LogP contribution in [0.15, 0.2) is 42.0 Å². The Balaban J connectivity index is 2.12. The number of aromatic nitrogens is 1. The summed E-state index contributed by atoms with van der Waals surface area (Å²) in [7, 11) is 0. The fraction of sp³-hybridized carbons (Fsp3) is 0.348. The minimum atomic E-state index is -1.03. The van der Waals surface area contributed by atoms with Crippen molar-refractivity contribution in [3.05, 3.63) is 58.9 Å². The third-order valence-corrected chi connectivity index (χ3v) is 4.50. The molecule has 0 spiro atoms. The first kappa shape index (κ1) is 22.0. The molecule has 1 N–H and O–H groups in total. The second-order valence-electron chi connectivity index (χ2n) is 7.40. The molecule has 0 saturated heterocycles. The molecule has 152 valence electrons. The van der Waals surface area contributed by atoms with E-state index in [0.29, 0.717) is 11.6 Å². The summed E-state index contributed by atoms with van der Waals surface area (Å²) in [6.45, 7) is 10.5. The second-order valence-corrected chi connectivity index (χ2v) is 7.40. The number of aryl methyl sites for hydroxylation is 1. The zero-order chi connectivity index (χ0) is 21.6. The molecule has 1 aromatic carbocycles. The SMILES string of the molecule is Cc1cc(/C=C(\C#N)C(=O)O[C@@H](C)C(=O)Nc2ccccc2)c(C)n1CC(C)C. The van der Waals surface area contributed by atoms with E-state index in [-0.39, 0.29) is 5.57 Å². The summed E-state index contributed by atoms with van der Waals surface area (Å²) in [4.78, 5) is 24.7. The number of rotatable bonds is 7. The molecular formula is C23H27N3O3. The molecule has 0 aliphatic carbocycles. The van der Waals surface area contributed by atoms with E-state index in [2.05, 4.69) is 23.7 Å². The van der Waals surface area contributed by atoms with Crippen molar-refractivity contribution in [2.45, 2.75) is 47.3 Å². The number of ether oxygens (including phenoxy) is 1. The zero-order valence-electron chi connectivity index (χ0n) is 17.5. The Morgan fingerprint density at radius 1 is 1.21 bits per heavy atom. The van der Waals surface area contributed by atoms with Crippen LogP contribution in [0, 0.1) is 31.1 Å². The smallest absolute Gasteiger partial charge is 0.349 e. The van der Waals surface area contributed by atoms with Gasteiger partial charge in [-0.1, -0.05) is 32.0 Å². The van der Waals surface area contributed by atoms with Gasteiger partial charge in [-0.05, 0) is 56.5 Å². The number of carbonyl (C=O) groups is 2. The first-order chi connectivity index (χ1) is 13.7. The van der Waals surface area contributed by atoms with Crippen LogP contribution in [0.2, 0.25) is 0 Å². The van der Waals surface area contributed by atoms with Gasteiger partial charge in [0.15, 0.2) is 6.10 Å². The van der Waals surface area contributed by atoms with Crippen LogP contribution in [0.25, 0.3) is 6.08 Å². The Hall–Kier alpha value is -3.33. The summed E-state index contributed by atoms with van der Waals surface area (Å²) in [5.74, 6) is -0.810. The van der Waals surface area contributed by atoms with Crippen LogP contribution in [0.1, 0.15) is 37.7 Å². The van der Waals surface area contributed by atoms with Gasteiger partial charge in [-0.15, -0.1) is 0 Å². The number of carbonyl (C=O) groups excluding carboxylic acids is 2. The summed E-state index contributed by atoms with van der Waals surface area (Å²) >= 11 is 0. The van der Waals surface area contributed by atoms with Crippen molar-refractivity contribution in [1.29, 1.82) is 5.26 Å². The van der Waals surface area contributed by atoms with Gasteiger partial charge in [-0.25, -0.2) is 4.79 Å². The molecule has 6 nitrogen and oxygen atoms in total. The molecule has 0 bridgehead atoms. The number of nitrogens with zero attached hydrogens (tertiary/aromatic N) is 2. The van der Waals surface area contributed by atoms with Gasteiger partial charge in [-0.2, -0.15) is 5.26 Å². The summed E-state index contributed by atoms with van der Waals surface area (Å²) in [6, 6.07) is 12.7. The van der Waals surface area contributed by atoms with Crippen LogP contribution in [0.4, 0.5) is 5.69 Å². The Morgan fingerprint density at radius 2 is 1.86 bits per heavy atom. The lowest BCUT2D eigenvalue weighted by atomic mass is 10.1. The lowest BCUT2D eigenvalue weighted by Gasteiger charge is -2.13. The molecule has 0 fully saturated rings. The predicted octanol–water partition coefficient (Wildman–Crippen LogP) is 4.24. The van der Waals surface area contributed by atoms with E-state index in [1.54, 1.807) is 24.3 Å². The van der Waals surface area contributed by atoms with Gasteiger partial charge >= 0.3 is 5.97 Å². The number of amides is 1. The third-order valence-electron chi connectivity index (χ3n) is 4.50. The molecule has 0 aliphatic heterocycles. The molecular weight excluding hydrogens is 366 g/mol. The number of nitrogens with one attached hydrogen (secondary N) is 1. The maximum Gasteiger partial charge on any atom is 0.349 e. The summed E-state index contributed by atoms with van der Waals surface area (Å²) in [5.41, 5.74) is 3.29. The van der Waals surface area contributed by atoms with Gasteiger partial charge in [0.05, 0.1) is 0 Å². The van der Waals surface area contributed by atoms with E-state index < -0.39 is 18.0 Å². The molecule has 2 rings (SSSR count). The number of hydrogen-bond donors (Lipinski definition) is 1. The van der Waals surface area contributed by atoms with Crippen molar-refractivity contribution in [2.75, 3.05) is 5.32 Å². The largest absolute Gasteiger partial charge is 0.448 e. The standard InChI is InChI=1S/C23H27N3O3/c1-15(2)14-26-16(3)11-19(17(26)4)12-20(13-24)23(28)29-18(5)22(27)25-21-9-7-6-8-10-21/h6-12,15,18H,14H2,1-5H3,(H,25,27)/b20-12+/t18-/m0/s1. The topological polar surface area (TPSA) is 84.1 Å². The quantitative estimate of drug-likeness (QED) is 0.433. The first-order valence-corrected chi connectivity index (χ1v) is 9.58. The Bertz CT molecular complexity index is 950. The molecule has 0 unspecified atom stereocenters. The van der Waals surface area contributed by atoms with Crippen molar-refractivity contribution in [1.82, 2.24) is 4.57 Å². The highest BCUT2D eigenvalue weighted by Gasteiger charge is 2.21. The summed E-state index contributed by atoms with van der Waals surface area (Å²) in [6.07, 6.45) is 0.483. The Morgan fingerprint density at radius 3 is 2.45 bits per heavy atom. The second kappa shape index (κ2) is 9.74. The van der Waals surface area contributed by atoms with Gasteiger partial charge in [0.1, 0.15) is 11.6 Å². The molecule has 0 aliphatic rings. The van der Waals surface area contributed by atoms with Crippen molar-refractivity contribution in [3.63, 3.8) is 0 Å². The van der Waals surface area contributed by atoms with Gasteiger partial charge in [0.25, 0.3) is 5.91 Å². The maximum atomic E-state index is 12.4. The highest BCUT2D eigenvalue weighted by atomic mass is 16.5. The zero-order valence-corrected chi connectivity index (χ0v) is 17.5. The highest BCUT2D eigenvalue weighted by Crippen LogP contribution is 2.20. The fourth-order valence-corrected chi connectivity index (χ4v) is 2.96. The van der Waals surface area contributed by atoms with E-state index in [4.69, 9.17) is 4.74 Å². The van der Waals surface area contributed by atoms with Crippen LogP contribution in [0.3, 0.4) is 0 Å². The van der Waals surface area contributed by atoms with Crippen LogP contribution >= 0.6 is 0 Å². The molecule has 2 aromatic rings. The van der Waals surface area contributed by atoms with Crippen molar-refractivity contribution in [2.24, 2.45) is 5.92 Å². The summed E-state index contributed by atoms with van der Waals surface area (Å²) < 4.78 is 7.36. The lowest BCUT2D eigenvalue weighted by Crippen LogP contribution is -2.30. The molecule has 1 amide bonds. The number of benzene rings is 1. The average molecular weight is 393 g/mol. The van der Waals surface area contributed by atoms with Gasteiger partial charge in [0, 0.05) is 23.6 Å². The van der Waals surface area contributed by atoms with Gasteiger partial charge < -0.3 is 14.6 Å². The molecule has 29 heavy (non-hydrogen) atoms. The van der Waals surface area contributed by atoms with Crippen molar-refractivity contribution < 1.29 is 14.3 Å². The van der Waals surface area contributed by atoms with Crippen LogP contribution in [-0.2, 0) is 20.9 Å². The Labute approximate surface area is 171 Å². The molecule has 6 heteroatoms. The number of esters is 1. The predicted molar refractivity (Wildman–Crippen MR) is 113 cm³/mol. The minimum absolute atomic E-state index is 0.144. The normalized spacial score (nSPS) is 12.4. The minimum Gasteiger partial charge on any atom is -0.448 e. The number of anilines is 1. The number of hydrogen-bond acceptors (Lipinski definition) is 4. The maximum absolute atomic E-state index is 12.4. The van der Waals surface area contributed by atoms with Crippen LogP contribution in [-0.4, -0.2) is 22.5 Å². The Kier molecular flexibility index (Phi) is 7.38. The van der Waals surface area contributed by atoms with Crippen LogP contribution < -0.4 is 5.32 Å². The van der Waals surface area contributed by atoms with Crippen molar-refractivity contribution in [3.8, 4) is 6.07 Å². The van der Waals surface area contributed by atoms with Crippen molar-refractivity contribution >= 4 is 23.6 Å². The summed E-state index contributed by atoms with van der Waals surface area (Å²) in [5, 5.41) is 12.1. The van der Waals surface area contributed by atoms with Crippen LogP contribution in [0.5, 0.6) is 0 Å². The van der Waals surface area contributed by atoms with Gasteiger partial charge in [0.2, 0.25) is 0 Å². The third kappa shape index (κ3) is 5.82. The lowest BCUT2D eigenvalue weighted by molar-refractivity contribution is -0.148. The number of nitriles is 1. The monoisotopic (exact) mass is 393 g/mol. The molecule has 1 aromatic heterocycles.